The maximum atomic E-state index is 15.0. The molecule has 36 heavy (non-hydrogen) atoms. The van der Waals surface area contributed by atoms with Gasteiger partial charge in [-0.25, -0.2) is 26.9 Å². The molecule has 2 N–H and O–H groups in total. The lowest BCUT2D eigenvalue weighted by atomic mass is 9.90. The lowest BCUT2D eigenvalue weighted by molar-refractivity contribution is 0.0982. The van der Waals surface area contributed by atoms with Crippen molar-refractivity contribution in [1.82, 2.24) is 4.98 Å². The van der Waals surface area contributed by atoms with E-state index in [1.54, 1.807) is 0 Å². The van der Waals surface area contributed by atoms with Gasteiger partial charge in [0.1, 0.15) is 5.75 Å². The van der Waals surface area contributed by atoms with E-state index in [1.165, 1.54) is 37.4 Å². The van der Waals surface area contributed by atoms with Crippen LogP contribution in [0.15, 0.2) is 30.3 Å². The molecule has 0 unspecified atom stereocenters. The molecule has 0 aliphatic heterocycles. The number of unbranched alkanes of at least 4 members (excludes halogenated alkanes) is 2. The summed E-state index contributed by atoms with van der Waals surface area (Å²) in [5.74, 6) is -11.2. The molecule has 0 bridgehead atoms. The second-order valence-corrected chi connectivity index (χ2v) is 8.59. The van der Waals surface area contributed by atoms with Crippen LogP contribution >= 0.6 is 11.6 Å². The summed E-state index contributed by atoms with van der Waals surface area (Å²) in [4.78, 5) is 18.0. The van der Waals surface area contributed by atoms with Gasteiger partial charge < -0.3 is 10.5 Å². The summed E-state index contributed by atoms with van der Waals surface area (Å²) in [6.45, 7) is 0.454. The van der Waals surface area contributed by atoms with E-state index in [2.05, 4.69) is 4.98 Å². The Morgan fingerprint density at radius 2 is 1.56 bits per heavy atom. The van der Waals surface area contributed by atoms with Gasteiger partial charge in [0, 0.05) is 33.3 Å². The average molecular weight is 523 g/mol. The van der Waals surface area contributed by atoms with Crippen LogP contribution in [-0.2, 0) is 0 Å². The van der Waals surface area contributed by atoms with E-state index in [1.807, 2.05) is 0 Å². The SMILES string of the molecule is COc1ccc2nc3cc(Cl)ccc3c(C(=O)CCCCCN)c2c1-c1c(F)c(F)c(F)c(F)c1F. The van der Waals surface area contributed by atoms with Crippen molar-refractivity contribution in [3.05, 3.63) is 70.0 Å². The molecule has 0 amide bonds. The molecule has 0 fully saturated rings. The third-order valence-electron chi connectivity index (χ3n) is 5.93. The van der Waals surface area contributed by atoms with Crippen molar-refractivity contribution < 1.29 is 31.5 Å². The zero-order valence-corrected chi connectivity index (χ0v) is 19.8. The average Bonchev–Trinajstić information content (AvgIpc) is 2.87. The topological polar surface area (TPSA) is 65.2 Å². The van der Waals surface area contributed by atoms with Crippen molar-refractivity contribution in [2.75, 3.05) is 13.7 Å². The summed E-state index contributed by atoms with van der Waals surface area (Å²) < 4.78 is 77.5. The first-order chi connectivity index (χ1) is 17.2. The maximum absolute atomic E-state index is 15.0. The van der Waals surface area contributed by atoms with Crippen molar-refractivity contribution in [1.29, 1.82) is 0 Å². The van der Waals surface area contributed by atoms with Gasteiger partial charge in [-0.05, 0) is 43.7 Å². The summed E-state index contributed by atoms with van der Waals surface area (Å²) in [5.41, 5.74) is 4.30. The van der Waals surface area contributed by atoms with Crippen LogP contribution in [0.4, 0.5) is 22.0 Å². The van der Waals surface area contributed by atoms with Gasteiger partial charge in [0.2, 0.25) is 5.82 Å². The predicted molar refractivity (Wildman–Crippen MR) is 128 cm³/mol. The van der Waals surface area contributed by atoms with Crippen LogP contribution in [0.3, 0.4) is 0 Å². The van der Waals surface area contributed by atoms with Crippen LogP contribution in [0.25, 0.3) is 32.9 Å². The molecule has 3 aromatic carbocycles. The number of nitrogens with zero attached hydrogens (tertiary/aromatic N) is 1. The number of pyridine rings is 1. The summed E-state index contributed by atoms with van der Waals surface area (Å²) in [5, 5.41) is 0.564. The first-order valence-corrected chi connectivity index (χ1v) is 11.4. The van der Waals surface area contributed by atoms with Gasteiger partial charge in [0.15, 0.2) is 29.1 Å². The zero-order valence-electron chi connectivity index (χ0n) is 19.0. The number of ether oxygens (including phenoxy) is 1. The van der Waals surface area contributed by atoms with Crippen LogP contribution in [-0.4, -0.2) is 24.4 Å². The number of Topliss-reactive ketones (excluding diaryl/α,β-unsaturated/α-hetero) is 1. The molecular formula is C26H20ClF5N2O2. The largest absolute Gasteiger partial charge is 0.496 e. The number of benzene rings is 3. The number of carbonyl (C=O) groups is 1. The third-order valence-corrected chi connectivity index (χ3v) is 6.17. The lowest BCUT2D eigenvalue weighted by Crippen LogP contribution is -2.08. The highest BCUT2D eigenvalue weighted by Crippen LogP contribution is 2.44. The zero-order chi connectivity index (χ0) is 26.1. The number of rotatable bonds is 8. The number of halogens is 6. The van der Waals surface area contributed by atoms with Crippen molar-refractivity contribution >= 4 is 39.2 Å². The molecule has 10 heteroatoms. The minimum atomic E-state index is -2.29. The Hall–Kier alpha value is -3.30. The second-order valence-electron chi connectivity index (χ2n) is 8.15. The van der Waals surface area contributed by atoms with Gasteiger partial charge in [0.05, 0.1) is 23.7 Å². The molecule has 0 radical (unpaired) electrons. The van der Waals surface area contributed by atoms with Gasteiger partial charge in [0.25, 0.3) is 0 Å². The molecule has 4 rings (SSSR count). The number of ketones is 1. The van der Waals surface area contributed by atoms with Crippen LogP contribution in [0.2, 0.25) is 5.02 Å². The highest BCUT2D eigenvalue weighted by atomic mass is 35.5. The van der Waals surface area contributed by atoms with E-state index in [9.17, 15) is 18.0 Å². The predicted octanol–water partition coefficient (Wildman–Crippen LogP) is 7.11. The number of fused-ring (bicyclic) bond motifs is 2. The first kappa shape index (κ1) is 25.8. The van der Waals surface area contributed by atoms with Crippen LogP contribution in [0.1, 0.15) is 36.0 Å². The summed E-state index contributed by atoms with van der Waals surface area (Å²) in [6.07, 6.45) is 1.91. The Morgan fingerprint density at radius 3 is 2.19 bits per heavy atom. The first-order valence-electron chi connectivity index (χ1n) is 11.1. The number of methoxy groups -OCH3 is 1. The molecule has 188 valence electrons. The van der Waals surface area contributed by atoms with E-state index < -0.39 is 46.0 Å². The summed E-state index contributed by atoms with van der Waals surface area (Å²) >= 11 is 6.11. The van der Waals surface area contributed by atoms with Gasteiger partial charge in [-0.2, -0.15) is 0 Å². The number of hydrogen-bond acceptors (Lipinski definition) is 4. The van der Waals surface area contributed by atoms with E-state index in [0.717, 1.165) is 0 Å². The fraction of sp³-hybridized carbons (Fsp3) is 0.231. The Balaban J connectivity index is 2.15. The number of nitrogens with two attached hydrogens (primary N) is 1. The molecule has 1 aromatic heterocycles. The molecule has 0 saturated carbocycles. The van der Waals surface area contributed by atoms with E-state index >= 15 is 8.78 Å². The standard InChI is InChI=1S/C26H20ClF5N2O2/c1-36-17-9-8-14-19(20(17)21-22(28)24(30)26(32)25(31)23(21)29)18(16(35)5-3-2-4-10-33)13-7-6-12(27)11-15(13)34-14/h6-9,11H,2-5,10,33H2,1H3. The monoisotopic (exact) mass is 522 g/mol. The van der Waals surface area contributed by atoms with Crippen molar-refractivity contribution in [3.63, 3.8) is 0 Å². The van der Waals surface area contributed by atoms with E-state index in [4.69, 9.17) is 22.1 Å². The van der Waals surface area contributed by atoms with Gasteiger partial charge >= 0.3 is 0 Å². The number of hydrogen-bond donors (Lipinski definition) is 1. The highest BCUT2D eigenvalue weighted by molar-refractivity contribution is 6.31. The van der Waals surface area contributed by atoms with Gasteiger partial charge in [-0.15, -0.1) is 0 Å². The van der Waals surface area contributed by atoms with Gasteiger partial charge in [-0.3, -0.25) is 4.79 Å². The van der Waals surface area contributed by atoms with Crippen molar-refractivity contribution in [2.45, 2.75) is 25.7 Å². The Labute approximate surface area is 207 Å². The Bertz CT molecular complexity index is 1480. The molecule has 0 atom stereocenters. The molecule has 4 aromatic rings. The number of aromatic nitrogens is 1. The Kier molecular flexibility index (Phi) is 7.42. The molecule has 1 heterocycles. The van der Waals surface area contributed by atoms with E-state index in [-0.39, 0.29) is 28.6 Å². The van der Waals surface area contributed by atoms with E-state index in [0.29, 0.717) is 41.7 Å². The molecule has 4 nitrogen and oxygen atoms in total. The van der Waals surface area contributed by atoms with Gasteiger partial charge in [-0.1, -0.05) is 24.1 Å². The highest BCUT2D eigenvalue weighted by Gasteiger charge is 2.31. The molecule has 0 aliphatic rings. The molecule has 0 aliphatic carbocycles. The summed E-state index contributed by atoms with van der Waals surface area (Å²) in [6, 6.07) is 7.29. The Morgan fingerprint density at radius 1 is 0.889 bits per heavy atom. The fourth-order valence-electron chi connectivity index (χ4n) is 4.26. The maximum Gasteiger partial charge on any atom is 0.200 e. The molecular weight excluding hydrogens is 503 g/mol. The van der Waals surface area contributed by atoms with Crippen molar-refractivity contribution in [3.8, 4) is 16.9 Å². The minimum Gasteiger partial charge on any atom is -0.496 e. The normalized spacial score (nSPS) is 11.4. The van der Waals surface area contributed by atoms with Crippen LogP contribution < -0.4 is 10.5 Å². The molecule has 0 spiro atoms. The fourth-order valence-corrected chi connectivity index (χ4v) is 4.42. The van der Waals surface area contributed by atoms with Crippen LogP contribution in [0, 0.1) is 29.1 Å². The van der Waals surface area contributed by atoms with Crippen molar-refractivity contribution in [2.24, 2.45) is 5.73 Å². The van der Waals surface area contributed by atoms with Crippen LogP contribution in [0.5, 0.6) is 5.75 Å². The quantitative estimate of drug-likeness (QED) is 0.0668. The summed E-state index contributed by atoms with van der Waals surface area (Å²) in [7, 11) is 1.18. The minimum absolute atomic E-state index is 0.0252. The second kappa shape index (κ2) is 10.4. The molecule has 0 saturated heterocycles. The smallest absolute Gasteiger partial charge is 0.200 e. The lowest BCUT2D eigenvalue weighted by Gasteiger charge is -2.18. The third kappa shape index (κ3) is 4.37. The number of carbonyl (C=O) groups excluding carboxylic acids is 1.